The van der Waals surface area contributed by atoms with Crippen molar-refractivity contribution in [3.05, 3.63) is 23.9 Å². The van der Waals surface area contributed by atoms with E-state index in [1.807, 2.05) is 7.05 Å². The molecular weight excluding hydrogens is 226 g/mol. The number of nitrogens with zero attached hydrogens (tertiary/aromatic N) is 1. The standard InChI is InChI=1S/C10H15N3O2S/c1-11-6-8-2-5-10(12-7-8)16(14,15)13-9-3-4-9/h2,5,7,9,11,13H,3-4,6H2,1H3. The third-order valence-corrected chi connectivity index (χ3v) is 3.79. The molecule has 1 saturated carbocycles. The van der Waals surface area contributed by atoms with Crippen molar-refractivity contribution in [3.63, 3.8) is 0 Å². The SMILES string of the molecule is CNCc1ccc(S(=O)(=O)NC2CC2)nc1. The van der Waals surface area contributed by atoms with Gasteiger partial charge in [0.2, 0.25) is 0 Å². The summed E-state index contributed by atoms with van der Waals surface area (Å²) in [4.78, 5) is 3.96. The van der Waals surface area contributed by atoms with Gasteiger partial charge in [0.25, 0.3) is 10.0 Å². The van der Waals surface area contributed by atoms with Crippen LogP contribution in [0.25, 0.3) is 0 Å². The number of rotatable bonds is 5. The lowest BCUT2D eigenvalue weighted by molar-refractivity contribution is 0.577. The van der Waals surface area contributed by atoms with Crippen LogP contribution in [0, 0.1) is 0 Å². The van der Waals surface area contributed by atoms with Crippen LogP contribution < -0.4 is 10.0 Å². The molecule has 0 atom stereocenters. The molecule has 1 aliphatic rings. The van der Waals surface area contributed by atoms with E-state index in [0.29, 0.717) is 6.54 Å². The first-order valence-electron chi connectivity index (χ1n) is 5.24. The van der Waals surface area contributed by atoms with Gasteiger partial charge in [-0.05, 0) is 31.5 Å². The Labute approximate surface area is 95.3 Å². The maximum atomic E-state index is 11.8. The highest BCUT2D eigenvalue weighted by Gasteiger charge is 2.28. The van der Waals surface area contributed by atoms with Crippen molar-refractivity contribution in [3.8, 4) is 0 Å². The molecule has 5 nitrogen and oxygen atoms in total. The summed E-state index contributed by atoms with van der Waals surface area (Å²) in [6.07, 6.45) is 3.44. The van der Waals surface area contributed by atoms with Crippen molar-refractivity contribution >= 4 is 10.0 Å². The zero-order valence-electron chi connectivity index (χ0n) is 9.10. The van der Waals surface area contributed by atoms with Gasteiger partial charge in [-0.1, -0.05) is 6.07 Å². The van der Waals surface area contributed by atoms with Gasteiger partial charge in [-0.3, -0.25) is 0 Å². The van der Waals surface area contributed by atoms with Crippen LogP contribution in [0.3, 0.4) is 0 Å². The predicted octanol–water partition coefficient (Wildman–Crippen LogP) is 0.242. The summed E-state index contributed by atoms with van der Waals surface area (Å²) in [6.45, 7) is 0.684. The highest BCUT2D eigenvalue weighted by molar-refractivity contribution is 7.89. The molecule has 0 spiro atoms. The molecule has 1 fully saturated rings. The van der Waals surface area contributed by atoms with Crippen molar-refractivity contribution in [1.82, 2.24) is 15.0 Å². The van der Waals surface area contributed by atoms with E-state index in [4.69, 9.17) is 0 Å². The normalized spacial score (nSPS) is 16.3. The van der Waals surface area contributed by atoms with Gasteiger partial charge in [0.1, 0.15) is 0 Å². The molecule has 0 saturated heterocycles. The lowest BCUT2D eigenvalue weighted by atomic mass is 10.3. The third kappa shape index (κ3) is 2.78. The second-order valence-electron chi connectivity index (χ2n) is 3.93. The fourth-order valence-electron chi connectivity index (χ4n) is 1.36. The largest absolute Gasteiger partial charge is 0.316 e. The van der Waals surface area contributed by atoms with Crippen LogP contribution in [-0.2, 0) is 16.6 Å². The average molecular weight is 241 g/mol. The average Bonchev–Trinajstić information content (AvgIpc) is 3.02. The van der Waals surface area contributed by atoms with E-state index in [2.05, 4.69) is 15.0 Å². The fraction of sp³-hybridized carbons (Fsp3) is 0.500. The summed E-state index contributed by atoms with van der Waals surface area (Å²) in [5.74, 6) is 0. The van der Waals surface area contributed by atoms with Crippen LogP contribution in [0.5, 0.6) is 0 Å². The van der Waals surface area contributed by atoms with Gasteiger partial charge < -0.3 is 5.32 Å². The zero-order chi connectivity index (χ0) is 11.6. The monoisotopic (exact) mass is 241 g/mol. The van der Waals surface area contributed by atoms with Gasteiger partial charge in [-0.15, -0.1) is 0 Å². The Kier molecular flexibility index (Phi) is 3.22. The van der Waals surface area contributed by atoms with E-state index in [1.165, 1.54) is 6.07 Å². The van der Waals surface area contributed by atoms with Gasteiger partial charge in [-0.25, -0.2) is 18.1 Å². The maximum absolute atomic E-state index is 11.8. The van der Waals surface area contributed by atoms with Gasteiger partial charge in [0.05, 0.1) is 0 Å². The van der Waals surface area contributed by atoms with E-state index in [1.54, 1.807) is 12.3 Å². The van der Waals surface area contributed by atoms with E-state index in [9.17, 15) is 8.42 Å². The minimum atomic E-state index is -3.41. The summed E-state index contributed by atoms with van der Waals surface area (Å²) in [6, 6.07) is 3.42. The Bertz CT molecular complexity index is 451. The van der Waals surface area contributed by atoms with Gasteiger partial charge >= 0.3 is 0 Å². The van der Waals surface area contributed by atoms with E-state index < -0.39 is 10.0 Å². The molecule has 0 unspecified atom stereocenters. The molecule has 88 valence electrons. The highest BCUT2D eigenvalue weighted by atomic mass is 32.2. The molecule has 2 rings (SSSR count). The summed E-state index contributed by atoms with van der Waals surface area (Å²) in [5.41, 5.74) is 0.966. The molecule has 0 aliphatic heterocycles. The van der Waals surface area contributed by atoms with Crippen molar-refractivity contribution in [2.24, 2.45) is 0 Å². The van der Waals surface area contributed by atoms with Gasteiger partial charge in [0.15, 0.2) is 5.03 Å². The molecule has 1 aromatic heterocycles. The van der Waals surface area contributed by atoms with Gasteiger partial charge in [-0.2, -0.15) is 0 Å². The molecule has 0 radical (unpaired) electrons. The van der Waals surface area contributed by atoms with Crippen LogP contribution in [0.2, 0.25) is 0 Å². The van der Waals surface area contributed by atoms with E-state index in [0.717, 1.165) is 18.4 Å². The first-order chi connectivity index (χ1) is 7.62. The predicted molar refractivity (Wildman–Crippen MR) is 60.3 cm³/mol. The molecule has 2 N–H and O–H groups in total. The van der Waals surface area contributed by atoms with Crippen LogP contribution in [0.1, 0.15) is 18.4 Å². The van der Waals surface area contributed by atoms with Crippen LogP contribution in [0.4, 0.5) is 0 Å². The zero-order valence-corrected chi connectivity index (χ0v) is 9.92. The Morgan fingerprint density at radius 2 is 2.19 bits per heavy atom. The summed E-state index contributed by atoms with van der Waals surface area (Å²) < 4.78 is 26.1. The number of pyridine rings is 1. The molecule has 16 heavy (non-hydrogen) atoms. The summed E-state index contributed by atoms with van der Waals surface area (Å²) in [5, 5.41) is 3.08. The molecule has 1 heterocycles. The first kappa shape index (κ1) is 11.5. The van der Waals surface area contributed by atoms with E-state index >= 15 is 0 Å². The number of hydrogen-bond acceptors (Lipinski definition) is 4. The Morgan fingerprint density at radius 3 is 2.69 bits per heavy atom. The minimum Gasteiger partial charge on any atom is -0.316 e. The quantitative estimate of drug-likeness (QED) is 0.775. The Balaban J connectivity index is 2.13. The lowest BCUT2D eigenvalue weighted by Gasteiger charge is -2.05. The van der Waals surface area contributed by atoms with Crippen LogP contribution in [0.15, 0.2) is 23.4 Å². The van der Waals surface area contributed by atoms with Crippen LogP contribution >= 0.6 is 0 Å². The Hall–Kier alpha value is -0.980. The number of sulfonamides is 1. The molecule has 0 amide bonds. The molecule has 1 aliphatic carbocycles. The molecule has 0 aromatic carbocycles. The van der Waals surface area contributed by atoms with Crippen molar-refractivity contribution in [1.29, 1.82) is 0 Å². The number of hydrogen-bond donors (Lipinski definition) is 2. The maximum Gasteiger partial charge on any atom is 0.258 e. The number of aromatic nitrogens is 1. The molecular formula is C10H15N3O2S. The third-order valence-electron chi connectivity index (χ3n) is 2.35. The van der Waals surface area contributed by atoms with Crippen molar-refractivity contribution in [2.45, 2.75) is 30.5 Å². The topological polar surface area (TPSA) is 71.1 Å². The van der Waals surface area contributed by atoms with Crippen molar-refractivity contribution < 1.29 is 8.42 Å². The molecule has 1 aromatic rings. The number of nitrogens with one attached hydrogen (secondary N) is 2. The minimum absolute atomic E-state index is 0.0965. The smallest absolute Gasteiger partial charge is 0.258 e. The summed E-state index contributed by atoms with van der Waals surface area (Å²) >= 11 is 0. The summed E-state index contributed by atoms with van der Waals surface area (Å²) in [7, 11) is -1.58. The van der Waals surface area contributed by atoms with E-state index in [-0.39, 0.29) is 11.1 Å². The molecule has 6 heteroatoms. The fourth-order valence-corrected chi connectivity index (χ4v) is 2.59. The van der Waals surface area contributed by atoms with Crippen LogP contribution in [-0.4, -0.2) is 26.5 Å². The lowest BCUT2D eigenvalue weighted by Crippen LogP contribution is -2.26. The van der Waals surface area contributed by atoms with Crippen molar-refractivity contribution in [2.75, 3.05) is 7.05 Å². The second kappa shape index (κ2) is 4.48. The Morgan fingerprint density at radius 1 is 1.44 bits per heavy atom. The first-order valence-corrected chi connectivity index (χ1v) is 6.72. The second-order valence-corrected chi connectivity index (χ2v) is 5.59. The van der Waals surface area contributed by atoms with Gasteiger partial charge in [0, 0.05) is 18.8 Å². The highest BCUT2D eigenvalue weighted by Crippen LogP contribution is 2.21. The molecule has 0 bridgehead atoms.